The topological polar surface area (TPSA) is 23.5 Å². The first kappa shape index (κ1) is 15.2. The van der Waals surface area contributed by atoms with Gasteiger partial charge in [0.1, 0.15) is 0 Å². The molecule has 2 nitrogen and oxygen atoms in total. The number of hydrogen-bond acceptors (Lipinski definition) is 2. The van der Waals surface area contributed by atoms with Crippen molar-refractivity contribution in [3.8, 4) is 0 Å². The lowest BCUT2D eigenvalue weighted by Gasteiger charge is -2.24. The fraction of sp³-hybridized carbons (Fsp3) is 0.600. The van der Waals surface area contributed by atoms with Crippen LogP contribution in [0.2, 0.25) is 0 Å². The van der Waals surface area contributed by atoms with Crippen LogP contribution in [0.15, 0.2) is 18.2 Å². The van der Waals surface area contributed by atoms with E-state index in [9.17, 15) is 13.2 Å². The fourth-order valence-electron chi connectivity index (χ4n) is 2.73. The van der Waals surface area contributed by atoms with Crippen LogP contribution in [0.5, 0.6) is 0 Å². The molecule has 1 atom stereocenters. The quantitative estimate of drug-likeness (QED) is 0.916. The van der Waals surface area contributed by atoms with Gasteiger partial charge in [0.15, 0.2) is 0 Å². The van der Waals surface area contributed by atoms with Crippen LogP contribution < -0.4 is 4.90 Å². The number of aliphatic hydroxyl groups is 1. The van der Waals surface area contributed by atoms with Gasteiger partial charge >= 0.3 is 6.18 Å². The molecule has 20 heavy (non-hydrogen) atoms. The van der Waals surface area contributed by atoms with Crippen molar-refractivity contribution in [2.24, 2.45) is 11.8 Å². The monoisotopic (exact) mass is 287 g/mol. The molecule has 0 bridgehead atoms. The van der Waals surface area contributed by atoms with Gasteiger partial charge < -0.3 is 10.0 Å². The Kier molecular flexibility index (Phi) is 4.28. The second kappa shape index (κ2) is 5.64. The fourth-order valence-corrected chi connectivity index (χ4v) is 2.73. The number of aliphatic hydroxyl groups excluding tert-OH is 1. The minimum Gasteiger partial charge on any atom is -0.392 e. The van der Waals surface area contributed by atoms with Crippen molar-refractivity contribution in [3.63, 3.8) is 0 Å². The van der Waals surface area contributed by atoms with Gasteiger partial charge in [0.2, 0.25) is 0 Å². The van der Waals surface area contributed by atoms with Crippen molar-refractivity contribution >= 4 is 5.69 Å². The highest BCUT2D eigenvalue weighted by Gasteiger charge is 2.37. The third kappa shape index (κ3) is 3.08. The molecule has 0 spiro atoms. The van der Waals surface area contributed by atoms with Gasteiger partial charge in [-0.25, -0.2) is 0 Å². The zero-order valence-electron chi connectivity index (χ0n) is 11.7. The standard InChI is InChI=1S/C15H20F3NO/c1-10(2)12-5-6-19(8-12)14-4-3-11(9-20)7-13(14)15(16,17)18/h3-4,7,10,12,20H,5-6,8-9H2,1-2H3. The van der Waals surface area contributed by atoms with Crippen LogP contribution in [-0.4, -0.2) is 18.2 Å². The third-order valence-electron chi connectivity index (χ3n) is 4.06. The SMILES string of the molecule is CC(C)C1CCN(c2ccc(CO)cc2C(F)(F)F)C1. The van der Waals surface area contributed by atoms with E-state index in [-0.39, 0.29) is 12.3 Å². The van der Waals surface area contributed by atoms with Crippen molar-refractivity contribution in [1.82, 2.24) is 0 Å². The van der Waals surface area contributed by atoms with Crippen molar-refractivity contribution in [3.05, 3.63) is 29.3 Å². The molecule has 1 unspecified atom stereocenters. The Labute approximate surface area is 117 Å². The minimum absolute atomic E-state index is 0.234. The number of anilines is 1. The summed E-state index contributed by atoms with van der Waals surface area (Å²) in [4.78, 5) is 1.81. The number of benzene rings is 1. The maximum absolute atomic E-state index is 13.2. The summed E-state index contributed by atoms with van der Waals surface area (Å²) < 4.78 is 39.5. The van der Waals surface area contributed by atoms with Gasteiger partial charge in [-0.15, -0.1) is 0 Å². The zero-order chi connectivity index (χ0) is 14.9. The Bertz CT molecular complexity index is 471. The Hall–Kier alpha value is -1.23. The summed E-state index contributed by atoms with van der Waals surface area (Å²) in [6.07, 6.45) is -3.47. The van der Waals surface area contributed by atoms with Crippen LogP contribution in [0, 0.1) is 11.8 Å². The van der Waals surface area contributed by atoms with Crippen LogP contribution in [0.25, 0.3) is 0 Å². The van der Waals surface area contributed by atoms with Gasteiger partial charge in [0.25, 0.3) is 0 Å². The minimum atomic E-state index is -4.39. The van der Waals surface area contributed by atoms with Crippen LogP contribution in [-0.2, 0) is 12.8 Å². The molecular formula is C15H20F3NO. The second-order valence-corrected chi connectivity index (χ2v) is 5.75. The van der Waals surface area contributed by atoms with Crippen LogP contribution in [0.1, 0.15) is 31.4 Å². The molecule has 1 fully saturated rings. The molecule has 1 aromatic carbocycles. The van der Waals surface area contributed by atoms with Gasteiger partial charge in [-0.2, -0.15) is 13.2 Å². The van der Waals surface area contributed by atoms with E-state index in [1.807, 2.05) is 4.90 Å². The molecule has 5 heteroatoms. The number of hydrogen-bond donors (Lipinski definition) is 1. The first-order valence-corrected chi connectivity index (χ1v) is 6.89. The lowest BCUT2D eigenvalue weighted by atomic mass is 9.95. The second-order valence-electron chi connectivity index (χ2n) is 5.75. The molecule has 2 rings (SSSR count). The summed E-state index contributed by atoms with van der Waals surface area (Å²) in [5.74, 6) is 0.916. The summed E-state index contributed by atoms with van der Waals surface area (Å²) in [6, 6.07) is 4.10. The average Bonchev–Trinajstić information content (AvgIpc) is 2.86. The highest BCUT2D eigenvalue weighted by Crippen LogP contribution is 2.39. The van der Waals surface area contributed by atoms with E-state index in [4.69, 9.17) is 5.11 Å². The predicted octanol–water partition coefficient (Wildman–Crippen LogP) is 3.68. The van der Waals surface area contributed by atoms with E-state index in [2.05, 4.69) is 13.8 Å². The summed E-state index contributed by atoms with van der Waals surface area (Å²) in [5, 5.41) is 9.02. The highest BCUT2D eigenvalue weighted by atomic mass is 19.4. The summed E-state index contributed by atoms with van der Waals surface area (Å²) >= 11 is 0. The smallest absolute Gasteiger partial charge is 0.392 e. The zero-order valence-corrected chi connectivity index (χ0v) is 11.7. The normalized spacial score (nSPS) is 19.9. The largest absolute Gasteiger partial charge is 0.418 e. The Balaban J connectivity index is 2.32. The van der Waals surface area contributed by atoms with Crippen LogP contribution >= 0.6 is 0 Å². The van der Waals surface area contributed by atoms with Crippen LogP contribution in [0.3, 0.4) is 0 Å². The molecular weight excluding hydrogens is 267 g/mol. The summed E-state index contributed by atoms with van der Waals surface area (Å²) in [6.45, 7) is 5.16. The Morgan fingerprint density at radius 1 is 1.35 bits per heavy atom. The average molecular weight is 287 g/mol. The molecule has 112 valence electrons. The first-order valence-electron chi connectivity index (χ1n) is 6.89. The molecule has 0 amide bonds. The lowest BCUT2D eigenvalue weighted by molar-refractivity contribution is -0.137. The molecule has 1 aromatic rings. The highest BCUT2D eigenvalue weighted by molar-refractivity contribution is 5.57. The van der Waals surface area contributed by atoms with Gasteiger partial charge in [-0.3, -0.25) is 0 Å². The van der Waals surface area contributed by atoms with Gasteiger partial charge in [-0.1, -0.05) is 19.9 Å². The predicted molar refractivity (Wildman–Crippen MR) is 72.5 cm³/mol. The molecule has 0 radical (unpaired) electrons. The molecule has 0 saturated carbocycles. The number of rotatable bonds is 3. The van der Waals surface area contributed by atoms with E-state index in [1.54, 1.807) is 6.07 Å². The molecule has 1 aliphatic rings. The van der Waals surface area contributed by atoms with E-state index in [1.165, 1.54) is 6.07 Å². The van der Waals surface area contributed by atoms with Crippen molar-refractivity contribution in [1.29, 1.82) is 0 Å². The number of halogens is 3. The van der Waals surface area contributed by atoms with Crippen molar-refractivity contribution in [2.45, 2.75) is 33.1 Å². The molecule has 1 saturated heterocycles. The van der Waals surface area contributed by atoms with E-state index in [0.717, 1.165) is 12.5 Å². The Morgan fingerprint density at radius 3 is 2.55 bits per heavy atom. The van der Waals surface area contributed by atoms with Crippen LogP contribution in [0.4, 0.5) is 18.9 Å². The van der Waals surface area contributed by atoms with Crippen molar-refractivity contribution in [2.75, 3.05) is 18.0 Å². The maximum atomic E-state index is 13.2. The molecule has 0 aromatic heterocycles. The molecule has 1 aliphatic heterocycles. The van der Waals surface area contributed by atoms with Crippen molar-refractivity contribution < 1.29 is 18.3 Å². The molecule has 0 aliphatic carbocycles. The number of nitrogens with zero attached hydrogens (tertiary/aromatic N) is 1. The lowest BCUT2D eigenvalue weighted by Crippen LogP contribution is -2.24. The summed E-state index contributed by atoms with van der Waals surface area (Å²) in [7, 11) is 0. The van der Waals surface area contributed by atoms with Gasteiger partial charge in [0.05, 0.1) is 12.2 Å². The van der Waals surface area contributed by atoms with Gasteiger partial charge in [-0.05, 0) is 36.0 Å². The first-order chi connectivity index (χ1) is 9.32. The Morgan fingerprint density at radius 2 is 2.05 bits per heavy atom. The molecule has 1 heterocycles. The van der Waals surface area contributed by atoms with E-state index in [0.29, 0.717) is 30.5 Å². The third-order valence-corrected chi connectivity index (χ3v) is 4.06. The van der Waals surface area contributed by atoms with E-state index < -0.39 is 11.7 Å². The summed E-state index contributed by atoms with van der Waals surface area (Å²) in [5.41, 5.74) is -0.119. The maximum Gasteiger partial charge on any atom is 0.418 e. The number of alkyl halides is 3. The van der Waals surface area contributed by atoms with Gasteiger partial charge in [0, 0.05) is 18.8 Å². The molecule has 1 N–H and O–H groups in total. The van der Waals surface area contributed by atoms with E-state index >= 15 is 0 Å².